The van der Waals surface area contributed by atoms with Crippen molar-refractivity contribution in [1.29, 1.82) is 0 Å². The van der Waals surface area contributed by atoms with Gasteiger partial charge in [-0.2, -0.15) is 0 Å². The summed E-state index contributed by atoms with van der Waals surface area (Å²) in [5, 5.41) is 3.54. The number of benzene rings is 1. The van der Waals surface area contributed by atoms with Crippen molar-refractivity contribution in [2.45, 2.75) is 46.2 Å². The van der Waals surface area contributed by atoms with Crippen molar-refractivity contribution in [1.82, 2.24) is 5.32 Å². The van der Waals surface area contributed by atoms with Crippen LogP contribution in [0.3, 0.4) is 0 Å². The normalized spacial score (nSPS) is 11.2. The Morgan fingerprint density at radius 3 is 2.55 bits per heavy atom. The van der Waals surface area contributed by atoms with Crippen LogP contribution >= 0.6 is 0 Å². The second-order valence-corrected chi connectivity index (χ2v) is 5.40. The lowest BCUT2D eigenvalue weighted by atomic mass is 10.0. The summed E-state index contributed by atoms with van der Waals surface area (Å²) in [4.78, 5) is 0. The highest BCUT2D eigenvalue weighted by Gasteiger charge is 2.14. The molecule has 0 fully saturated rings. The van der Waals surface area contributed by atoms with Crippen LogP contribution in [0.15, 0.2) is 30.9 Å². The Hall–Kier alpha value is -1.48. The first-order valence-electron chi connectivity index (χ1n) is 7.27. The fourth-order valence-corrected chi connectivity index (χ4v) is 1.67. The van der Waals surface area contributed by atoms with Crippen LogP contribution in [0.4, 0.5) is 0 Å². The van der Waals surface area contributed by atoms with E-state index < -0.39 is 0 Å². The molecule has 0 saturated carbocycles. The maximum absolute atomic E-state index is 5.65. The van der Waals surface area contributed by atoms with Crippen molar-refractivity contribution < 1.29 is 9.47 Å². The zero-order valence-electron chi connectivity index (χ0n) is 13.2. The molecule has 0 saturated heterocycles. The topological polar surface area (TPSA) is 30.5 Å². The second kappa shape index (κ2) is 7.95. The Balaban J connectivity index is 2.78. The van der Waals surface area contributed by atoms with Gasteiger partial charge in [-0.05, 0) is 44.9 Å². The smallest absolute Gasteiger partial charge is 0.161 e. The van der Waals surface area contributed by atoms with E-state index in [1.165, 1.54) is 5.56 Å². The average Bonchev–Trinajstić information content (AvgIpc) is 2.44. The summed E-state index contributed by atoms with van der Waals surface area (Å²) in [6.45, 7) is 14.2. The third kappa shape index (κ3) is 5.25. The minimum Gasteiger partial charge on any atom is -0.490 e. The summed E-state index contributed by atoms with van der Waals surface area (Å²) in [6.07, 6.45) is 2.82. The summed E-state index contributed by atoms with van der Waals surface area (Å²) in [6, 6.07) is 6.07. The van der Waals surface area contributed by atoms with E-state index >= 15 is 0 Å². The molecule has 0 aliphatic rings. The standard InChI is InChI=1S/C17H27NO2/c1-6-11-20-15-10-9-14(12-16(15)19-8-3)13-18-17(4,5)7-2/h6,9-10,12,18H,1,7-8,11,13H2,2-5H3. The summed E-state index contributed by atoms with van der Waals surface area (Å²) >= 11 is 0. The molecule has 1 rings (SSSR count). The minimum absolute atomic E-state index is 0.143. The molecule has 0 aliphatic carbocycles. The van der Waals surface area contributed by atoms with E-state index in [9.17, 15) is 0 Å². The molecule has 0 spiro atoms. The molecule has 3 heteroatoms. The Morgan fingerprint density at radius 1 is 1.20 bits per heavy atom. The van der Waals surface area contributed by atoms with Crippen LogP contribution in [0.5, 0.6) is 11.5 Å². The van der Waals surface area contributed by atoms with Gasteiger partial charge in [0.15, 0.2) is 11.5 Å². The summed E-state index contributed by atoms with van der Waals surface area (Å²) in [5.41, 5.74) is 1.34. The van der Waals surface area contributed by atoms with E-state index in [4.69, 9.17) is 9.47 Å². The number of hydrogen-bond acceptors (Lipinski definition) is 3. The lowest BCUT2D eigenvalue weighted by Crippen LogP contribution is -2.37. The van der Waals surface area contributed by atoms with Crippen molar-refractivity contribution in [2.24, 2.45) is 0 Å². The molecule has 0 aliphatic heterocycles. The van der Waals surface area contributed by atoms with Gasteiger partial charge in [-0.1, -0.05) is 25.6 Å². The molecule has 1 aromatic carbocycles. The van der Waals surface area contributed by atoms with E-state index in [1.807, 2.05) is 19.1 Å². The Morgan fingerprint density at radius 2 is 1.95 bits per heavy atom. The van der Waals surface area contributed by atoms with Gasteiger partial charge in [0.2, 0.25) is 0 Å². The van der Waals surface area contributed by atoms with Crippen LogP contribution in [-0.4, -0.2) is 18.8 Å². The molecular formula is C17H27NO2. The van der Waals surface area contributed by atoms with Gasteiger partial charge in [0.25, 0.3) is 0 Å². The molecule has 0 unspecified atom stereocenters. The van der Waals surface area contributed by atoms with Crippen molar-refractivity contribution in [3.8, 4) is 11.5 Å². The van der Waals surface area contributed by atoms with Crippen molar-refractivity contribution in [3.05, 3.63) is 36.4 Å². The van der Waals surface area contributed by atoms with Crippen LogP contribution in [0.1, 0.15) is 39.7 Å². The monoisotopic (exact) mass is 277 g/mol. The summed E-state index contributed by atoms with van der Waals surface area (Å²) in [7, 11) is 0. The molecule has 3 nitrogen and oxygen atoms in total. The maximum atomic E-state index is 5.65. The lowest BCUT2D eigenvalue weighted by Gasteiger charge is -2.24. The Bertz CT molecular complexity index is 427. The molecule has 112 valence electrons. The van der Waals surface area contributed by atoms with E-state index in [2.05, 4.69) is 38.7 Å². The van der Waals surface area contributed by atoms with Crippen molar-refractivity contribution in [3.63, 3.8) is 0 Å². The van der Waals surface area contributed by atoms with Gasteiger partial charge in [-0.3, -0.25) is 0 Å². The zero-order chi connectivity index (χ0) is 15.0. The van der Waals surface area contributed by atoms with Gasteiger partial charge in [-0.25, -0.2) is 0 Å². The van der Waals surface area contributed by atoms with E-state index in [0.29, 0.717) is 13.2 Å². The van der Waals surface area contributed by atoms with E-state index in [-0.39, 0.29) is 5.54 Å². The molecule has 0 heterocycles. The first-order valence-corrected chi connectivity index (χ1v) is 7.27. The molecule has 0 bridgehead atoms. The molecule has 0 atom stereocenters. The highest BCUT2D eigenvalue weighted by Crippen LogP contribution is 2.28. The van der Waals surface area contributed by atoms with Crippen LogP contribution in [0.2, 0.25) is 0 Å². The molecule has 1 aromatic rings. The highest BCUT2D eigenvalue weighted by molar-refractivity contribution is 5.43. The van der Waals surface area contributed by atoms with Gasteiger partial charge in [0, 0.05) is 12.1 Å². The summed E-state index contributed by atoms with van der Waals surface area (Å²) in [5.74, 6) is 1.56. The minimum atomic E-state index is 0.143. The van der Waals surface area contributed by atoms with E-state index in [0.717, 1.165) is 24.5 Å². The van der Waals surface area contributed by atoms with Crippen LogP contribution in [0, 0.1) is 0 Å². The van der Waals surface area contributed by atoms with E-state index in [1.54, 1.807) is 6.08 Å². The number of rotatable bonds is 9. The Labute approximate surface area is 123 Å². The van der Waals surface area contributed by atoms with Gasteiger partial charge in [-0.15, -0.1) is 0 Å². The third-order valence-electron chi connectivity index (χ3n) is 3.32. The number of hydrogen-bond donors (Lipinski definition) is 1. The predicted molar refractivity (Wildman–Crippen MR) is 84.5 cm³/mol. The lowest BCUT2D eigenvalue weighted by molar-refractivity contribution is 0.296. The molecule has 0 aromatic heterocycles. The van der Waals surface area contributed by atoms with Gasteiger partial charge >= 0.3 is 0 Å². The van der Waals surface area contributed by atoms with Crippen molar-refractivity contribution >= 4 is 0 Å². The van der Waals surface area contributed by atoms with Crippen LogP contribution in [0.25, 0.3) is 0 Å². The molecule has 20 heavy (non-hydrogen) atoms. The molecular weight excluding hydrogens is 250 g/mol. The fraction of sp³-hybridized carbons (Fsp3) is 0.529. The zero-order valence-corrected chi connectivity index (χ0v) is 13.2. The van der Waals surface area contributed by atoms with Crippen LogP contribution in [-0.2, 0) is 6.54 Å². The first-order chi connectivity index (χ1) is 9.52. The van der Waals surface area contributed by atoms with Crippen LogP contribution < -0.4 is 14.8 Å². The number of nitrogens with one attached hydrogen (secondary N) is 1. The molecule has 1 N–H and O–H groups in total. The molecule has 0 radical (unpaired) electrons. The quantitative estimate of drug-likeness (QED) is 0.694. The molecule has 0 amide bonds. The predicted octanol–water partition coefficient (Wildman–Crippen LogP) is 3.93. The maximum Gasteiger partial charge on any atom is 0.161 e. The first kappa shape index (κ1) is 16.6. The van der Waals surface area contributed by atoms with Crippen molar-refractivity contribution in [2.75, 3.05) is 13.2 Å². The highest BCUT2D eigenvalue weighted by atomic mass is 16.5. The second-order valence-electron chi connectivity index (χ2n) is 5.40. The average molecular weight is 277 g/mol. The number of ether oxygens (including phenoxy) is 2. The Kier molecular flexibility index (Phi) is 6.59. The SMILES string of the molecule is C=CCOc1ccc(CNC(C)(C)CC)cc1OCC. The largest absolute Gasteiger partial charge is 0.490 e. The summed E-state index contributed by atoms with van der Waals surface area (Å²) < 4.78 is 11.2. The van der Waals surface area contributed by atoms with Gasteiger partial charge in [0.05, 0.1) is 6.61 Å². The van der Waals surface area contributed by atoms with Gasteiger partial charge in [0.1, 0.15) is 6.61 Å². The van der Waals surface area contributed by atoms with Gasteiger partial charge < -0.3 is 14.8 Å². The third-order valence-corrected chi connectivity index (χ3v) is 3.32. The fourth-order valence-electron chi connectivity index (χ4n) is 1.67.